The van der Waals surface area contributed by atoms with Crippen molar-refractivity contribution in [1.29, 1.82) is 0 Å². The lowest BCUT2D eigenvalue weighted by Gasteiger charge is -2.06. The molecule has 0 bridgehead atoms. The van der Waals surface area contributed by atoms with Crippen LogP contribution >= 0.6 is 0 Å². The van der Waals surface area contributed by atoms with E-state index in [1.54, 1.807) is 30.3 Å². The van der Waals surface area contributed by atoms with Crippen LogP contribution in [-0.2, 0) is 19.1 Å². The molecule has 5 heteroatoms. The van der Waals surface area contributed by atoms with Gasteiger partial charge in [-0.3, -0.25) is 9.59 Å². The maximum atomic E-state index is 11.8. The van der Waals surface area contributed by atoms with Gasteiger partial charge in [-0.05, 0) is 6.42 Å². The Hall–Kier alpha value is -2.17. The van der Waals surface area contributed by atoms with Crippen molar-refractivity contribution in [3.8, 4) is 0 Å². The molecule has 0 amide bonds. The van der Waals surface area contributed by atoms with Gasteiger partial charge in [-0.1, -0.05) is 75.8 Å². The largest absolute Gasteiger partial charge is 0.462 e. The first kappa shape index (κ1) is 20.9. The van der Waals surface area contributed by atoms with E-state index in [-0.39, 0.29) is 24.7 Å². The van der Waals surface area contributed by atoms with E-state index < -0.39 is 11.8 Å². The zero-order chi connectivity index (χ0) is 18.3. The smallest absolute Gasteiger partial charge is 0.379 e. The highest BCUT2D eigenvalue weighted by Crippen LogP contribution is 2.08. The number of hydrogen-bond acceptors (Lipinski definition) is 5. The van der Waals surface area contributed by atoms with Crippen LogP contribution in [0.3, 0.4) is 0 Å². The highest BCUT2D eigenvalue weighted by atomic mass is 16.6. The number of Topliss-reactive ketones (excluding diaryl/α,β-unsaturated/α-hetero) is 1. The van der Waals surface area contributed by atoms with Gasteiger partial charge in [0.25, 0.3) is 5.78 Å². The fourth-order valence-corrected chi connectivity index (χ4v) is 2.36. The molecule has 0 fully saturated rings. The molecule has 1 aromatic carbocycles. The monoisotopic (exact) mass is 348 g/mol. The number of unbranched alkanes of at least 4 members (excludes halogenated alkanes) is 6. The average molecular weight is 348 g/mol. The minimum atomic E-state index is -0.936. The molecule has 25 heavy (non-hydrogen) atoms. The van der Waals surface area contributed by atoms with E-state index in [0.29, 0.717) is 6.42 Å². The Morgan fingerprint density at radius 1 is 0.800 bits per heavy atom. The summed E-state index contributed by atoms with van der Waals surface area (Å²) >= 11 is 0. The van der Waals surface area contributed by atoms with Crippen LogP contribution in [0.2, 0.25) is 0 Å². The van der Waals surface area contributed by atoms with Gasteiger partial charge in [0.1, 0.15) is 13.2 Å². The highest BCUT2D eigenvalue weighted by molar-refractivity contribution is 6.40. The zero-order valence-corrected chi connectivity index (χ0v) is 15.0. The number of hydrogen-bond donors (Lipinski definition) is 0. The van der Waals surface area contributed by atoms with Crippen LogP contribution in [0, 0.1) is 0 Å². The topological polar surface area (TPSA) is 69.7 Å². The van der Waals surface area contributed by atoms with E-state index in [1.165, 1.54) is 25.7 Å². The molecule has 1 rings (SSSR count). The third-order valence-corrected chi connectivity index (χ3v) is 3.79. The van der Waals surface area contributed by atoms with E-state index >= 15 is 0 Å². The second-order valence-corrected chi connectivity index (χ2v) is 5.92. The lowest BCUT2D eigenvalue weighted by atomic mass is 10.1. The van der Waals surface area contributed by atoms with Crippen LogP contribution < -0.4 is 0 Å². The van der Waals surface area contributed by atoms with Gasteiger partial charge in [-0.2, -0.15) is 0 Å². The van der Waals surface area contributed by atoms with E-state index in [2.05, 4.69) is 6.92 Å². The highest BCUT2D eigenvalue weighted by Gasteiger charge is 2.17. The normalized spacial score (nSPS) is 10.3. The predicted molar refractivity (Wildman–Crippen MR) is 95.3 cm³/mol. The van der Waals surface area contributed by atoms with Gasteiger partial charge in [0, 0.05) is 12.0 Å². The summed E-state index contributed by atoms with van der Waals surface area (Å²) in [6.07, 6.45) is 8.34. The molecule has 0 radical (unpaired) electrons. The van der Waals surface area contributed by atoms with Gasteiger partial charge in [0.15, 0.2) is 0 Å². The van der Waals surface area contributed by atoms with Gasteiger partial charge in [0.05, 0.1) is 0 Å². The summed E-state index contributed by atoms with van der Waals surface area (Å²) in [6, 6.07) is 8.20. The molecule has 0 atom stereocenters. The summed E-state index contributed by atoms with van der Waals surface area (Å²) in [5, 5.41) is 0. The average Bonchev–Trinajstić information content (AvgIpc) is 2.64. The Kier molecular flexibility index (Phi) is 11.0. The van der Waals surface area contributed by atoms with Crippen molar-refractivity contribution in [3.63, 3.8) is 0 Å². The van der Waals surface area contributed by atoms with Gasteiger partial charge < -0.3 is 9.47 Å². The summed E-state index contributed by atoms with van der Waals surface area (Å²) in [5.74, 6) is -1.93. The predicted octanol–water partition coefficient (Wildman–Crippen LogP) is 4.10. The van der Waals surface area contributed by atoms with E-state index in [9.17, 15) is 14.4 Å². The summed E-state index contributed by atoms with van der Waals surface area (Å²) < 4.78 is 9.82. The minimum absolute atomic E-state index is 0.0247. The molecule has 138 valence electrons. The summed E-state index contributed by atoms with van der Waals surface area (Å²) in [5.41, 5.74) is 0.281. The Balaban J connectivity index is 2.04. The van der Waals surface area contributed by atoms with Crippen molar-refractivity contribution >= 4 is 17.7 Å². The molecule has 1 aromatic rings. The minimum Gasteiger partial charge on any atom is -0.462 e. The lowest BCUT2D eigenvalue weighted by Crippen LogP contribution is -2.20. The fraction of sp³-hybridized carbons (Fsp3) is 0.550. The lowest BCUT2D eigenvalue weighted by molar-refractivity contribution is -0.149. The standard InChI is InChI=1S/C20H28O5/c1-2-3-4-5-6-7-11-14-18(21)24-15-16-25-20(23)19(22)17-12-9-8-10-13-17/h8-10,12-13H,2-7,11,14-16H2,1H3. The molecule has 0 aliphatic carbocycles. The fourth-order valence-electron chi connectivity index (χ4n) is 2.36. The first-order chi connectivity index (χ1) is 12.1. The molecule has 0 saturated carbocycles. The molecule has 0 spiro atoms. The molecular weight excluding hydrogens is 320 g/mol. The molecule has 0 aromatic heterocycles. The van der Waals surface area contributed by atoms with Crippen molar-refractivity contribution in [2.45, 2.75) is 58.3 Å². The van der Waals surface area contributed by atoms with E-state index in [1.807, 2.05) is 0 Å². The maximum Gasteiger partial charge on any atom is 0.379 e. The number of rotatable bonds is 13. The van der Waals surface area contributed by atoms with Crippen molar-refractivity contribution in [2.75, 3.05) is 13.2 Å². The number of benzene rings is 1. The van der Waals surface area contributed by atoms with Crippen LogP contribution in [0.15, 0.2) is 30.3 Å². The maximum absolute atomic E-state index is 11.8. The Labute approximate surface area is 149 Å². The molecule has 0 unspecified atom stereocenters. The van der Waals surface area contributed by atoms with Crippen molar-refractivity contribution < 1.29 is 23.9 Å². The zero-order valence-electron chi connectivity index (χ0n) is 15.0. The van der Waals surface area contributed by atoms with Gasteiger partial charge in [0.2, 0.25) is 0 Å². The molecule has 0 aliphatic rings. The Morgan fingerprint density at radius 2 is 1.40 bits per heavy atom. The SMILES string of the molecule is CCCCCCCCCC(=O)OCCOC(=O)C(=O)c1ccccc1. The number of ether oxygens (including phenoxy) is 2. The van der Waals surface area contributed by atoms with Gasteiger partial charge in [-0.25, -0.2) is 4.79 Å². The first-order valence-electron chi connectivity index (χ1n) is 9.07. The third-order valence-electron chi connectivity index (χ3n) is 3.79. The summed E-state index contributed by atoms with van der Waals surface area (Å²) in [4.78, 5) is 34.9. The Morgan fingerprint density at radius 3 is 2.08 bits per heavy atom. The molecule has 0 aliphatic heterocycles. The van der Waals surface area contributed by atoms with Gasteiger partial charge in [-0.15, -0.1) is 0 Å². The van der Waals surface area contributed by atoms with E-state index in [0.717, 1.165) is 19.3 Å². The number of esters is 2. The molecule has 0 saturated heterocycles. The van der Waals surface area contributed by atoms with E-state index in [4.69, 9.17) is 9.47 Å². The van der Waals surface area contributed by atoms with Crippen LogP contribution in [0.4, 0.5) is 0 Å². The van der Waals surface area contributed by atoms with Gasteiger partial charge >= 0.3 is 11.9 Å². The van der Waals surface area contributed by atoms with Crippen molar-refractivity contribution in [1.82, 2.24) is 0 Å². The summed E-state index contributed by atoms with van der Waals surface area (Å²) in [7, 11) is 0. The van der Waals surface area contributed by atoms with Crippen LogP contribution in [0.1, 0.15) is 68.6 Å². The van der Waals surface area contributed by atoms with Crippen LogP contribution in [-0.4, -0.2) is 30.9 Å². The molecule has 0 heterocycles. The van der Waals surface area contributed by atoms with Crippen LogP contribution in [0.25, 0.3) is 0 Å². The third kappa shape index (κ3) is 9.65. The van der Waals surface area contributed by atoms with Crippen molar-refractivity contribution in [2.24, 2.45) is 0 Å². The molecule has 5 nitrogen and oxygen atoms in total. The quantitative estimate of drug-likeness (QED) is 0.232. The second kappa shape index (κ2) is 13.2. The first-order valence-corrected chi connectivity index (χ1v) is 9.07. The summed E-state index contributed by atoms with van der Waals surface area (Å²) in [6.45, 7) is 2.05. The molecule has 0 N–H and O–H groups in total. The molecular formula is C20H28O5. The number of carbonyl (C=O) groups is 3. The number of carbonyl (C=O) groups excluding carboxylic acids is 3. The Bertz CT molecular complexity index is 524. The van der Waals surface area contributed by atoms with Crippen LogP contribution in [0.5, 0.6) is 0 Å². The second-order valence-electron chi connectivity index (χ2n) is 5.92. The van der Waals surface area contributed by atoms with Crippen molar-refractivity contribution in [3.05, 3.63) is 35.9 Å². The number of ketones is 1.